The average Bonchev–Trinajstić information content (AvgIpc) is 2.94. The standard InChI is InChI=1S/C29H30N6O3/c1-20-5-8-24(28(37)35-16-12-23(13-17-35)22-9-6-21(19-30)7-10-22)18-25(20)33-29(38)32-15-11-27(36)34-26-4-2-3-14-31-26/h2-10,14,18,23H,11-13,15-17H2,1H3,(H,31,34,36)(H2,32,33,38). The van der Waals surface area contributed by atoms with Crippen molar-refractivity contribution in [1.82, 2.24) is 15.2 Å². The maximum absolute atomic E-state index is 13.2. The van der Waals surface area contributed by atoms with Gasteiger partial charge >= 0.3 is 6.03 Å². The number of likely N-dealkylation sites (tertiary alicyclic amines) is 1. The molecule has 1 aromatic heterocycles. The van der Waals surface area contributed by atoms with Crippen LogP contribution in [0.1, 0.15) is 52.2 Å². The molecule has 3 N–H and O–H groups in total. The van der Waals surface area contributed by atoms with E-state index in [0.717, 1.165) is 18.4 Å². The third-order valence-corrected chi connectivity index (χ3v) is 6.60. The lowest BCUT2D eigenvalue weighted by atomic mass is 9.89. The number of nitriles is 1. The monoisotopic (exact) mass is 510 g/mol. The average molecular weight is 511 g/mol. The number of nitrogens with zero attached hydrogens (tertiary/aromatic N) is 3. The van der Waals surface area contributed by atoms with Crippen molar-refractivity contribution in [3.8, 4) is 6.07 Å². The van der Waals surface area contributed by atoms with Crippen molar-refractivity contribution in [2.75, 3.05) is 30.3 Å². The fourth-order valence-corrected chi connectivity index (χ4v) is 4.42. The van der Waals surface area contributed by atoms with Crippen LogP contribution in [0.25, 0.3) is 0 Å². The number of carbonyl (C=O) groups excluding carboxylic acids is 3. The number of hydrogen-bond acceptors (Lipinski definition) is 5. The van der Waals surface area contributed by atoms with Crippen LogP contribution in [0.2, 0.25) is 0 Å². The summed E-state index contributed by atoms with van der Waals surface area (Å²) >= 11 is 0. The third-order valence-electron chi connectivity index (χ3n) is 6.60. The van der Waals surface area contributed by atoms with E-state index in [0.29, 0.717) is 41.6 Å². The van der Waals surface area contributed by atoms with Crippen molar-refractivity contribution in [2.45, 2.75) is 32.1 Å². The minimum Gasteiger partial charge on any atom is -0.339 e. The van der Waals surface area contributed by atoms with Gasteiger partial charge in [-0.2, -0.15) is 5.26 Å². The number of hydrogen-bond donors (Lipinski definition) is 3. The zero-order valence-electron chi connectivity index (χ0n) is 21.2. The fraction of sp³-hybridized carbons (Fsp3) is 0.276. The summed E-state index contributed by atoms with van der Waals surface area (Å²) in [5, 5.41) is 17.1. The van der Waals surface area contributed by atoms with Crippen molar-refractivity contribution in [3.63, 3.8) is 0 Å². The fourth-order valence-electron chi connectivity index (χ4n) is 4.42. The number of urea groups is 1. The number of nitrogens with one attached hydrogen (secondary N) is 3. The van der Waals surface area contributed by atoms with Gasteiger partial charge in [0.2, 0.25) is 5.91 Å². The number of piperidine rings is 1. The molecule has 0 atom stereocenters. The zero-order valence-corrected chi connectivity index (χ0v) is 21.2. The van der Waals surface area contributed by atoms with Gasteiger partial charge in [-0.05, 0) is 73.2 Å². The van der Waals surface area contributed by atoms with Crippen molar-refractivity contribution in [1.29, 1.82) is 5.26 Å². The van der Waals surface area contributed by atoms with Gasteiger partial charge in [-0.1, -0.05) is 24.3 Å². The Hall–Kier alpha value is -4.71. The first-order valence-corrected chi connectivity index (χ1v) is 12.6. The lowest BCUT2D eigenvalue weighted by Gasteiger charge is -2.32. The second-order valence-corrected chi connectivity index (χ2v) is 9.22. The molecule has 9 heteroatoms. The number of carbonyl (C=O) groups is 3. The minimum absolute atomic E-state index is 0.0714. The first-order chi connectivity index (χ1) is 18.4. The lowest BCUT2D eigenvalue weighted by molar-refractivity contribution is -0.116. The molecule has 4 rings (SSSR count). The summed E-state index contributed by atoms with van der Waals surface area (Å²) in [6, 6.07) is 19.8. The predicted molar refractivity (Wildman–Crippen MR) is 145 cm³/mol. The van der Waals surface area contributed by atoms with Crippen LogP contribution in [0.5, 0.6) is 0 Å². The molecule has 1 aliphatic heterocycles. The highest BCUT2D eigenvalue weighted by molar-refractivity contribution is 5.97. The first-order valence-electron chi connectivity index (χ1n) is 12.6. The topological polar surface area (TPSA) is 127 Å². The van der Waals surface area contributed by atoms with Crippen LogP contribution in [-0.4, -0.2) is 47.4 Å². The van der Waals surface area contributed by atoms with Crippen LogP contribution in [0.3, 0.4) is 0 Å². The molecule has 1 saturated heterocycles. The summed E-state index contributed by atoms with van der Waals surface area (Å²) in [5.74, 6) is 0.489. The van der Waals surface area contributed by atoms with Gasteiger partial charge in [-0.3, -0.25) is 9.59 Å². The number of rotatable bonds is 7. The summed E-state index contributed by atoms with van der Waals surface area (Å²) in [6.45, 7) is 3.28. The summed E-state index contributed by atoms with van der Waals surface area (Å²) in [6.07, 6.45) is 3.39. The molecule has 0 spiro atoms. The summed E-state index contributed by atoms with van der Waals surface area (Å²) in [4.78, 5) is 43.5. The second-order valence-electron chi connectivity index (χ2n) is 9.22. The van der Waals surface area contributed by atoms with Crippen LogP contribution < -0.4 is 16.0 Å². The van der Waals surface area contributed by atoms with E-state index >= 15 is 0 Å². The molecule has 38 heavy (non-hydrogen) atoms. The Morgan fingerprint density at radius 1 is 1.03 bits per heavy atom. The molecule has 2 aromatic carbocycles. The van der Waals surface area contributed by atoms with Gasteiger partial charge in [0.25, 0.3) is 5.91 Å². The van der Waals surface area contributed by atoms with E-state index in [1.165, 1.54) is 5.56 Å². The van der Waals surface area contributed by atoms with Crippen molar-refractivity contribution < 1.29 is 14.4 Å². The zero-order chi connectivity index (χ0) is 26.9. The third kappa shape index (κ3) is 6.95. The van der Waals surface area contributed by atoms with Gasteiger partial charge < -0.3 is 20.9 Å². The van der Waals surface area contributed by atoms with Crippen molar-refractivity contribution in [2.24, 2.45) is 0 Å². The molecule has 9 nitrogen and oxygen atoms in total. The lowest BCUT2D eigenvalue weighted by Crippen LogP contribution is -2.38. The highest BCUT2D eigenvalue weighted by atomic mass is 16.2. The SMILES string of the molecule is Cc1ccc(C(=O)N2CCC(c3ccc(C#N)cc3)CC2)cc1NC(=O)NCCC(=O)Nc1ccccn1. The normalized spacial score (nSPS) is 13.3. The van der Waals surface area contributed by atoms with Gasteiger partial charge in [0, 0.05) is 43.5 Å². The van der Waals surface area contributed by atoms with E-state index in [2.05, 4.69) is 27.0 Å². The molecule has 0 radical (unpaired) electrons. The Kier molecular flexibility index (Phi) is 8.67. The van der Waals surface area contributed by atoms with Crippen LogP contribution >= 0.6 is 0 Å². The highest BCUT2D eigenvalue weighted by Gasteiger charge is 2.25. The molecular formula is C29H30N6O3. The number of aromatic nitrogens is 1. The Balaban J connectivity index is 1.27. The second kappa shape index (κ2) is 12.5. The molecule has 1 aliphatic rings. The number of anilines is 2. The van der Waals surface area contributed by atoms with Crippen LogP contribution in [-0.2, 0) is 4.79 Å². The molecule has 4 amide bonds. The van der Waals surface area contributed by atoms with E-state index < -0.39 is 6.03 Å². The Bertz CT molecular complexity index is 1330. The van der Waals surface area contributed by atoms with Crippen molar-refractivity contribution >= 4 is 29.4 Å². The molecule has 194 valence electrons. The van der Waals surface area contributed by atoms with Gasteiger partial charge in [-0.15, -0.1) is 0 Å². The van der Waals surface area contributed by atoms with Gasteiger partial charge in [0.15, 0.2) is 0 Å². The van der Waals surface area contributed by atoms with E-state index in [4.69, 9.17) is 5.26 Å². The molecule has 0 aliphatic carbocycles. The molecule has 1 fully saturated rings. The van der Waals surface area contributed by atoms with Crippen LogP contribution in [0, 0.1) is 18.3 Å². The predicted octanol–water partition coefficient (Wildman–Crippen LogP) is 4.43. The quantitative estimate of drug-likeness (QED) is 0.433. The van der Waals surface area contributed by atoms with Gasteiger partial charge in [0.1, 0.15) is 5.82 Å². The van der Waals surface area contributed by atoms with E-state index in [9.17, 15) is 14.4 Å². The number of amides is 4. The van der Waals surface area contributed by atoms with Crippen LogP contribution in [0.4, 0.5) is 16.3 Å². The smallest absolute Gasteiger partial charge is 0.319 e. The first kappa shape index (κ1) is 26.4. The summed E-state index contributed by atoms with van der Waals surface area (Å²) in [5.41, 5.74) is 3.71. The minimum atomic E-state index is -0.452. The Morgan fingerprint density at radius 2 is 1.79 bits per heavy atom. The number of pyridine rings is 1. The Labute approximate surface area is 221 Å². The summed E-state index contributed by atoms with van der Waals surface area (Å²) in [7, 11) is 0. The molecule has 0 unspecified atom stereocenters. The molecule has 3 aromatic rings. The molecule has 2 heterocycles. The van der Waals surface area contributed by atoms with E-state index in [1.807, 2.05) is 42.2 Å². The van der Waals surface area contributed by atoms with Gasteiger partial charge in [-0.25, -0.2) is 9.78 Å². The van der Waals surface area contributed by atoms with Gasteiger partial charge in [0.05, 0.1) is 11.6 Å². The van der Waals surface area contributed by atoms with E-state index in [-0.39, 0.29) is 24.8 Å². The van der Waals surface area contributed by atoms with E-state index in [1.54, 1.807) is 36.5 Å². The number of benzene rings is 2. The van der Waals surface area contributed by atoms with Crippen molar-refractivity contribution in [3.05, 3.63) is 89.1 Å². The maximum atomic E-state index is 13.2. The maximum Gasteiger partial charge on any atom is 0.319 e. The molecular weight excluding hydrogens is 480 g/mol. The Morgan fingerprint density at radius 3 is 2.47 bits per heavy atom. The van der Waals surface area contributed by atoms with Crippen LogP contribution in [0.15, 0.2) is 66.9 Å². The summed E-state index contributed by atoms with van der Waals surface area (Å²) < 4.78 is 0. The molecule has 0 saturated carbocycles. The molecule has 0 bridgehead atoms. The highest BCUT2D eigenvalue weighted by Crippen LogP contribution is 2.29. The number of aryl methyl sites for hydroxylation is 1. The largest absolute Gasteiger partial charge is 0.339 e.